The van der Waals surface area contributed by atoms with Gasteiger partial charge in [0.05, 0.1) is 11.6 Å². The van der Waals surface area contributed by atoms with Crippen molar-refractivity contribution < 1.29 is 9.32 Å². The van der Waals surface area contributed by atoms with Crippen molar-refractivity contribution in [2.24, 2.45) is 0 Å². The normalized spacial score (nSPS) is 10.1. The summed E-state index contributed by atoms with van der Waals surface area (Å²) in [5, 5.41) is 15.3. The minimum absolute atomic E-state index is 0.233. The van der Waals surface area contributed by atoms with Crippen LogP contribution in [0.15, 0.2) is 53.1 Å². The fourth-order valence-corrected chi connectivity index (χ4v) is 2.01. The van der Waals surface area contributed by atoms with E-state index in [0.717, 1.165) is 5.56 Å². The molecule has 0 spiro atoms. The topological polar surface area (TPSA) is 91.8 Å². The number of amides is 1. The smallest absolute Gasteiger partial charge is 0.257 e. The molecule has 1 amide bonds. The van der Waals surface area contributed by atoms with E-state index < -0.39 is 0 Å². The predicted octanol–water partition coefficient (Wildman–Crippen LogP) is 3.17. The maximum absolute atomic E-state index is 12.2. The molecule has 0 atom stereocenters. The number of nitriles is 1. The van der Waals surface area contributed by atoms with Gasteiger partial charge in [-0.2, -0.15) is 10.2 Å². The first-order chi connectivity index (χ1) is 11.2. The summed E-state index contributed by atoms with van der Waals surface area (Å²) >= 11 is 0. The molecule has 6 heteroatoms. The number of benzene rings is 2. The summed E-state index contributed by atoms with van der Waals surface area (Å²) in [5.74, 6) is 0.743. The Morgan fingerprint density at radius 2 is 1.83 bits per heavy atom. The Bertz CT molecular complexity index is 874. The monoisotopic (exact) mass is 304 g/mol. The largest absolute Gasteiger partial charge is 0.334 e. The molecule has 3 rings (SSSR count). The van der Waals surface area contributed by atoms with Crippen LogP contribution in [0.4, 0.5) is 5.69 Å². The lowest BCUT2D eigenvalue weighted by Gasteiger charge is -2.05. The van der Waals surface area contributed by atoms with Gasteiger partial charge in [-0.3, -0.25) is 4.79 Å². The number of nitrogens with one attached hydrogen (secondary N) is 1. The standard InChI is InChI=1S/C17H12N4O2/c1-11-19-17(23-21-11)14-6-4-13(5-7-14)16(22)20-15-8-2-12(10-18)3-9-15/h2-9H,1H3,(H,20,22). The number of hydrogen-bond acceptors (Lipinski definition) is 5. The maximum Gasteiger partial charge on any atom is 0.257 e. The fraction of sp³-hybridized carbons (Fsp3) is 0.0588. The molecule has 0 aliphatic rings. The van der Waals surface area contributed by atoms with Gasteiger partial charge in [0.25, 0.3) is 11.8 Å². The van der Waals surface area contributed by atoms with E-state index in [9.17, 15) is 4.79 Å². The molecule has 0 unspecified atom stereocenters. The molecular weight excluding hydrogens is 292 g/mol. The van der Waals surface area contributed by atoms with Gasteiger partial charge in [0, 0.05) is 16.8 Å². The molecular formula is C17H12N4O2. The number of carbonyl (C=O) groups excluding carboxylic acids is 1. The van der Waals surface area contributed by atoms with Crippen LogP contribution < -0.4 is 5.32 Å². The summed E-state index contributed by atoms with van der Waals surface area (Å²) < 4.78 is 5.08. The number of rotatable bonds is 3. The molecule has 2 aromatic carbocycles. The molecule has 0 aliphatic heterocycles. The molecule has 0 saturated carbocycles. The second-order valence-electron chi connectivity index (χ2n) is 4.87. The highest BCUT2D eigenvalue weighted by atomic mass is 16.5. The second-order valence-corrected chi connectivity index (χ2v) is 4.87. The second kappa shape index (κ2) is 6.12. The van der Waals surface area contributed by atoms with Crippen LogP contribution in [0.2, 0.25) is 0 Å². The molecule has 0 saturated heterocycles. The third-order valence-electron chi connectivity index (χ3n) is 3.19. The van der Waals surface area contributed by atoms with E-state index in [1.54, 1.807) is 55.5 Å². The summed E-state index contributed by atoms with van der Waals surface area (Å²) in [7, 11) is 0. The maximum atomic E-state index is 12.2. The zero-order valence-corrected chi connectivity index (χ0v) is 12.3. The van der Waals surface area contributed by atoms with Crippen LogP contribution in [0, 0.1) is 18.3 Å². The van der Waals surface area contributed by atoms with Gasteiger partial charge in [-0.15, -0.1) is 0 Å². The van der Waals surface area contributed by atoms with Gasteiger partial charge in [-0.1, -0.05) is 5.16 Å². The lowest BCUT2D eigenvalue weighted by Crippen LogP contribution is -2.11. The van der Waals surface area contributed by atoms with Crippen molar-refractivity contribution in [3.05, 3.63) is 65.5 Å². The van der Waals surface area contributed by atoms with Gasteiger partial charge in [0.2, 0.25) is 0 Å². The van der Waals surface area contributed by atoms with Crippen LogP contribution in [-0.2, 0) is 0 Å². The Kier molecular flexibility index (Phi) is 3.85. The average Bonchev–Trinajstić information content (AvgIpc) is 3.02. The molecule has 1 aromatic heterocycles. The lowest BCUT2D eigenvalue weighted by atomic mass is 10.1. The van der Waals surface area contributed by atoms with Crippen LogP contribution in [0.5, 0.6) is 0 Å². The van der Waals surface area contributed by atoms with E-state index in [4.69, 9.17) is 9.78 Å². The van der Waals surface area contributed by atoms with Gasteiger partial charge < -0.3 is 9.84 Å². The van der Waals surface area contributed by atoms with Crippen molar-refractivity contribution in [1.29, 1.82) is 5.26 Å². The minimum Gasteiger partial charge on any atom is -0.334 e. The third kappa shape index (κ3) is 3.24. The first kappa shape index (κ1) is 14.5. The molecule has 112 valence electrons. The van der Waals surface area contributed by atoms with Crippen LogP contribution in [0.1, 0.15) is 21.7 Å². The Morgan fingerprint density at radius 3 is 2.39 bits per heavy atom. The fourth-order valence-electron chi connectivity index (χ4n) is 2.01. The van der Waals surface area contributed by atoms with E-state index in [2.05, 4.69) is 15.5 Å². The van der Waals surface area contributed by atoms with Gasteiger partial charge in [-0.25, -0.2) is 0 Å². The van der Waals surface area contributed by atoms with Crippen LogP contribution >= 0.6 is 0 Å². The number of nitrogens with zero attached hydrogens (tertiary/aromatic N) is 3. The molecule has 0 bridgehead atoms. The Balaban J connectivity index is 1.73. The highest BCUT2D eigenvalue weighted by Gasteiger charge is 2.09. The highest BCUT2D eigenvalue weighted by Crippen LogP contribution is 2.18. The van der Waals surface area contributed by atoms with Gasteiger partial charge >= 0.3 is 0 Å². The van der Waals surface area contributed by atoms with Gasteiger partial charge in [0.15, 0.2) is 5.82 Å². The molecule has 0 radical (unpaired) electrons. The Labute approximate surface area is 132 Å². The average molecular weight is 304 g/mol. The SMILES string of the molecule is Cc1noc(-c2ccc(C(=O)Nc3ccc(C#N)cc3)cc2)n1. The number of anilines is 1. The van der Waals surface area contributed by atoms with Crippen molar-refractivity contribution in [2.75, 3.05) is 5.32 Å². The van der Waals surface area contributed by atoms with Crippen LogP contribution in [0.25, 0.3) is 11.5 Å². The lowest BCUT2D eigenvalue weighted by molar-refractivity contribution is 0.102. The number of carbonyl (C=O) groups is 1. The minimum atomic E-state index is -0.233. The molecule has 0 aliphatic carbocycles. The zero-order chi connectivity index (χ0) is 16.2. The van der Waals surface area contributed by atoms with Crippen molar-refractivity contribution >= 4 is 11.6 Å². The zero-order valence-electron chi connectivity index (χ0n) is 12.3. The van der Waals surface area contributed by atoms with Gasteiger partial charge in [-0.05, 0) is 55.5 Å². The first-order valence-electron chi connectivity index (χ1n) is 6.88. The van der Waals surface area contributed by atoms with E-state index in [1.165, 1.54) is 0 Å². The molecule has 1 heterocycles. The number of hydrogen-bond donors (Lipinski definition) is 1. The van der Waals surface area contributed by atoms with E-state index in [-0.39, 0.29) is 5.91 Å². The van der Waals surface area contributed by atoms with E-state index >= 15 is 0 Å². The third-order valence-corrected chi connectivity index (χ3v) is 3.19. The van der Waals surface area contributed by atoms with E-state index in [0.29, 0.717) is 28.5 Å². The summed E-state index contributed by atoms with van der Waals surface area (Å²) in [6.07, 6.45) is 0. The van der Waals surface area contributed by atoms with E-state index in [1.807, 2.05) is 6.07 Å². The predicted molar refractivity (Wildman–Crippen MR) is 83.6 cm³/mol. The number of aromatic nitrogens is 2. The van der Waals surface area contributed by atoms with Gasteiger partial charge in [0.1, 0.15) is 0 Å². The van der Waals surface area contributed by atoms with Crippen molar-refractivity contribution in [2.45, 2.75) is 6.92 Å². The molecule has 23 heavy (non-hydrogen) atoms. The summed E-state index contributed by atoms with van der Waals surface area (Å²) in [6.45, 7) is 1.74. The molecule has 0 fully saturated rings. The Hall–Kier alpha value is -3.46. The summed E-state index contributed by atoms with van der Waals surface area (Å²) in [6, 6.07) is 15.6. The summed E-state index contributed by atoms with van der Waals surface area (Å²) in [5.41, 5.74) is 2.43. The molecule has 6 nitrogen and oxygen atoms in total. The summed E-state index contributed by atoms with van der Waals surface area (Å²) in [4.78, 5) is 16.3. The molecule has 1 N–H and O–H groups in total. The highest BCUT2D eigenvalue weighted by molar-refractivity contribution is 6.04. The number of aryl methyl sites for hydroxylation is 1. The Morgan fingerprint density at radius 1 is 1.13 bits per heavy atom. The van der Waals surface area contributed by atoms with Crippen molar-refractivity contribution in [1.82, 2.24) is 10.1 Å². The quantitative estimate of drug-likeness (QED) is 0.802. The first-order valence-corrected chi connectivity index (χ1v) is 6.88. The van der Waals surface area contributed by atoms with Crippen LogP contribution in [0.3, 0.4) is 0 Å². The van der Waals surface area contributed by atoms with Crippen LogP contribution in [-0.4, -0.2) is 16.0 Å². The van der Waals surface area contributed by atoms with Crippen molar-refractivity contribution in [3.8, 4) is 17.5 Å². The molecule has 3 aromatic rings. The van der Waals surface area contributed by atoms with Crippen molar-refractivity contribution in [3.63, 3.8) is 0 Å².